The summed E-state index contributed by atoms with van der Waals surface area (Å²) in [6.45, 7) is 0.241. The van der Waals surface area contributed by atoms with Crippen molar-refractivity contribution >= 4 is 46.0 Å². The van der Waals surface area contributed by atoms with Crippen molar-refractivity contribution in [3.63, 3.8) is 0 Å². The highest BCUT2D eigenvalue weighted by Crippen LogP contribution is 2.27. The van der Waals surface area contributed by atoms with Gasteiger partial charge in [-0.2, -0.15) is 5.10 Å². The number of anilines is 1. The maximum Gasteiger partial charge on any atom is 0.349 e. The molecule has 0 saturated heterocycles. The van der Waals surface area contributed by atoms with E-state index in [9.17, 15) is 9.59 Å². The lowest BCUT2D eigenvalue weighted by Gasteiger charge is -2.16. The van der Waals surface area contributed by atoms with Gasteiger partial charge in [0.05, 0.1) is 27.2 Å². The standard InChI is InChI=1S/C24H20Cl2N4O3/c1-29(2)17-9-8-16(22(12-17)33-14-15-7-10-19(25)20(26)11-15)13-27-30-23(31)18-5-3-4-6-21(18)28-24(30)32/h3-13H,14H2,1-2H3,(H,28,32). The topological polar surface area (TPSA) is 79.7 Å². The largest absolute Gasteiger partial charge is 0.488 e. The van der Waals surface area contributed by atoms with Gasteiger partial charge in [0.2, 0.25) is 0 Å². The predicted molar refractivity (Wildman–Crippen MR) is 133 cm³/mol. The molecule has 3 aromatic carbocycles. The number of benzene rings is 3. The third-order valence-electron chi connectivity index (χ3n) is 4.99. The van der Waals surface area contributed by atoms with E-state index in [1.807, 2.05) is 43.3 Å². The van der Waals surface area contributed by atoms with Crippen LogP contribution in [0.3, 0.4) is 0 Å². The number of rotatable bonds is 6. The maximum atomic E-state index is 12.7. The van der Waals surface area contributed by atoms with E-state index in [0.717, 1.165) is 15.9 Å². The number of hydrogen-bond acceptors (Lipinski definition) is 5. The van der Waals surface area contributed by atoms with E-state index in [1.54, 1.807) is 36.4 Å². The molecular weight excluding hydrogens is 463 g/mol. The zero-order valence-corrected chi connectivity index (χ0v) is 19.4. The number of nitrogens with zero attached hydrogens (tertiary/aromatic N) is 3. The van der Waals surface area contributed by atoms with Crippen LogP contribution in [-0.4, -0.2) is 30.0 Å². The normalized spacial score (nSPS) is 11.3. The first kappa shape index (κ1) is 22.6. The molecule has 1 aromatic heterocycles. The quantitative estimate of drug-likeness (QED) is 0.409. The minimum atomic E-state index is -0.627. The van der Waals surface area contributed by atoms with Gasteiger partial charge in [0.25, 0.3) is 5.56 Å². The maximum absolute atomic E-state index is 12.7. The van der Waals surface area contributed by atoms with Crippen molar-refractivity contribution in [2.75, 3.05) is 19.0 Å². The van der Waals surface area contributed by atoms with Gasteiger partial charge in [-0.25, -0.2) is 4.79 Å². The van der Waals surface area contributed by atoms with E-state index < -0.39 is 11.2 Å². The van der Waals surface area contributed by atoms with Gasteiger partial charge in [0.1, 0.15) is 12.4 Å². The lowest BCUT2D eigenvalue weighted by atomic mass is 10.2. The molecule has 1 N–H and O–H groups in total. The first-order valence-electron chi connectivity index (χ1n) is 10.00. The molecule has 168 valence electrons. The Kier molecular flexibility index (Phi) is 6.53. The molecule has 0 spiro atoms. The third kappa shape index (κ3) is 4.94. The average Bonchev–Trinajstić information content (AvgIpc) is 2.80. The van der Waals surface area contributed by atoms with Gasteiger partial charge >= 0.3 is 5.69 Å². The summed E-state index contributed by atoms with van der Waals surface area (Å²) >= 11 is 12.1. The predicted octanol–water partition coefficient (Wildman–Crippen LogP) is 4.52. The third-order valence-corrected chi connectivity index (χ3v) is 5.73. The monoisotopic (exact) mass is 482 g/mol. The van der Waals surface area contributed by atoms with E-state index in [2.05, 4.69) is 10.1 Å². The van der Waals surface area contributed by atoms with Crippen LogP contribution in [-0.2, 0) is 6.61 Å². The Bertz CT molecular complexity index is 1480. The Balaban J connectivity index is 1.69. The number of H-pyrrole nitrogens is 1. The summed E-state index contributed by atoms with van der Waals surface area (Å²) < 4.78 is 6.83. The Morgan fingerprint density at radius 2 is 1.82 bits per heavy atom. The summed E-state index contributed by atoms with van der Waals surface area (Å²) in [5, 5.41) is 5.42. The second kappa shape index (κ2) is 9.52. The van der Waals surface area contributed by atoms with Crippen LogP contribution in [0.5, 0.6) is 5.75 Å². The molecule has 0 saturated carbocycles. The van der Waals surface area contributed by atoms with E-state index in [4.69, 9.17) is 27.9 Å². The van der Waals surface area contributed by atoms with E-state index in [1.165, 1.54) is 6.21 Å². The van der Waals surface area contributed by atoms with Crippen molar-refractivity contribution in [1.82, 2.24) is 9.66 Å². The molecule has 0 bridgehead atoms. The second-order valence-electron chi connectivity index (χ2n) is 7.49. The van der Waals surface area contributed by atoms with Crippen molar-refractivity contribution in [3.05, 3.63) is 103 Å². The Hall–Kier alpha value is -3.55. The van der Waals surface area contributed by atoms with Crippen molar-refractivity contribution in [1.29, 1.82) is 0 Å². The van der Waals surface area contributed by atoms with Gasteiger partial charge in [-0.3, -0.25) is 4.79 Å². The summed E-state index contributed by atoms with van der Waals surface area (Å²) in [6.07, 6.45) is 1.43. The minimum absolute atomic E-state index is 0.241. The molecule has 0 aliphatic heterocycles. The number of hydrogen-bond donors (Lipinski definition) is 1. The minimum Gasteiger partial charge on any atom is -0.488 e. The molecule has 33 heavy (non-hydrogen) atoms. The lowest BCUT2D eigenvalue weighted by Crippen LogP contribution is -2.32. The van der Waals surface area contributed by atoms with Crippen molar-refractivity contribution < 1.29 is 4.74 Å². The summed E-state index contributed by atoms with van der Waals surface area (Å²) in [6, 6.07) is 17.6. The smallest absolute Gasteiger partial charge is 0.349 e. The van der Waals surface area contributed by atoms with Crippen LogP contribution < -0.4 is 20.9 Å². The van der Waals surface area contributed by atoms with Crippen LogP contribution in [0.4, 0.5) is 5.69 Å². The number of aromatic nitrogens is 2. The van der Waals surface area contributed by atoms with E-state index in [0.29, 0.717) is 32.3 Å². The number of ether oxygens (including phenoxy) is 1. The van der Waals surface area contributed by atoms with Crippen LogP contribution in [0.1, 0.15) is 11.1 Å². The van der Waals surface area contributed by atoms with Crippen molar-refractivity contribution in [3.8, 4) is 5.75 Å². The molecule has 4 aromatic rings. The SMILES string of the molecule is CN(C)c1ccc(C=Nn2c(=O)[nH]c3ccccc3c2=O)c(OCc2ccc(Cl)c(Cl)c2)c1. The molecule has 4 rings (SSSR count). The highest BCUT2D eigenvalue weighted by Gasteiger charge is 2.09. The number of fused-ring (bicyclic) bond motifs is 1. The van der Waals surface area contributed by atoms with E-state index in [-0.39, 0.29) is 6.61 Å². The van der Waals surface area contributed by atoms with E-state index >= 15 is 0 Å². The fraction of sp³-hybridized carbons (Fsp3) is 0.125. The Morgan fingerprint density at radius 1 is 1.03 bits per heavy atom. The fourth-order valence-electron chi connectivity index (χ4n) is 3.20. The molecule has 9 heteroatoms. The molecule has 0 aliphatic carbocycles. The summed E-state index contributed by atoms with van der Waals surface area (Å²) in [4.78, 5) is 29.7. The lowest BCUT2D eigenvalue weighted by molar-refractivity contribution is 0.306. The highest BCUT2D eigenvalue weighted by atomic mass is 35.5. The first-order chi connectivity index (χ1) is 15.8. The van der Waals surface area contributed by atoms with Crippen LogP contribution in [0.15, 0.2) is 75.4 Å². The summed E-state index contributed by atoms with van der Waals surface area (Å²) in [5.41, 5.74) is 1.67. The number of halogens is 2. The van der Waals surface area contributed by atoms with Crippen LogP contribution in [0, 0.1) is 0 Å². The summed E-state index contributed by atoms with van der Waals surface area (Å²) in [7, 11) is 3.83. The Labute approximate surface area is 199 Å². The zero-order valence-electron chi connectivity index (χ0n) is 17.9. The molecular formula is C24H20Cl2N4O3. The average molecular weight is 483 g/mol. The molecule has 0 radical (unpaired) electrons. The number of para-hydroxylation sites is 1. The molecule has 0 fully saturated rings. The van der Waals surface area contributed by atoms with Crippen molar-refractivity contribution in [2.24, 2.45) is 5.10 Å². The van der Waals surface area contributed by atoms with Gasteiger partial charge in [0, 0.05) is 31.4 Å². The van der Waals surface area contributed by atoms with Gasteiger partial charge in [-0.05, 0) is 42.0 Å². The van der Waals surface area contributed by atoms with Crippen molar-refractivity contribution in [2.45, 2.75) is 6.61 Å². The first-order valence-corrected chi connectivity index (χ1v) is 10.8. The molecule has 0 atom stereocenters. The molecule has 0 amide bonds. The zero-order chi connectivity index (χ0) is 23.5. The van der Waals surface area contributed by atoms with Gasteiger partial charge in [0.15, 0.2) is 0 Å². The highest BCUT2D eigenvalue weighted by molar-refractivity contribution is 6.42. The van der Waals surface area contributed by atoms with Gasteiger partial charge in [-0.15, -0.1) is 4.68 Å². The molecule has 1 heterocycles. The van der Waals surface area contributed by atoms with Crippen LogP contribution >= 0.6 is 23.2 Å². The van der Waals surface area contributed by atoms with Crippen LogP contribution in [0.2, 0.25) is 10.0 Å². The molecule has 0 unspecified atom stereocenters. The summed E-state index contributed by atoms with van der Waals surface area (Å²) in [5.74, 6) is 0.529. The number of nitrogens with one attached hydrogen (secondary N) is 1. The van der Waals surface area contributed by atoms with Crippen LogP contribution in [0.25, 0.3) is 10.9 Å². The second-order valence-corrected chi connectivity index (χ2v) is 8.31. The fourth-order valence-corrected chi connectivity index (χ4v) is 3.52. The Morgan fingerprint density at radius 3 is 2.58 bits per heavy atom. The molecule has 0 aliphatic rings. The molecule has 7 nitrogen and oxygen atoms in total. The van der Waals surface area contributed by atoms with Gasteiger partial charge in [-0.1, -0.05) is 41.4 Å². The van der Waals surface area contributed by atoms with Gasteiger partial charge < -0.3 is 14.6 Å². The number of aromatic amines is 1.